The van der Waals surface area contributed by atoms with Gasteiger partial charge in [0.2, 0.25) is 4.21 Å². The molecule has 2 heterocycles. The average molecular weight is 240 g/mol. The second-order valence-electron chi connectivity index (χ2n) is 2.94. The molecule has 0 amide bonds. The molecule has 5 nitrogen and oxygen atoms in total. The minimum absolute atomic E-state index is 0.0706. The molecule has 15 heavy (non-hydrogen) atoms. The Labute approximate surface area is 89.6 Å². The van der Waals surface area contributed by atoms with Crippen molar-refractivity contribution in [2.45, 2.75) is 4.21 Å². The Hall–Kier alpha value is -1.47. The first-order valence-corrected chi connectivity index (χ1v) is 6.23. The third-order valence-electron chi connectivity index (χ3n) is 2.03. The summed E-state index contributed by atoms with van der Waals surface area (Å²) < 4.78 is 31.8. The van der Waals surface area contributed by atoms with E-state index in [0.29, 0.717) is 17.0 Å². The van der Waals surface area contributed by atoms with Gasteiger partial charge in [-0.2, -0.15) is 8.42 Å². The molecule has 0 aliphatic carbocycles. The van der Waals surface area contributed by atoms with Crippen LogP contribution in [0.25, 0.3) is 11.3 Å². The number of benzene rings is 1. The summed E-state index contributed by atoms with van der Waals surface area (Å²) in [5.74, 6) is 0.303. The van der Waals surface area contributed by atoms with Gasteiger partial charge in [0, 0.05) is 17.1 Å². The van der Waals surface area contributed by atoms with Crippen LogP contribution in [0.5, 0.6) is 5.75 Å². The fourth-order valence-electron chi connectivity index (χ4n) is 1.40. The van der Waals surface area contributed by atoms with E-state index >= 15 is 0 Å². The molecule has 7 heteroatoms. The molecule has 0 unspecified atom stereocenters. The summed E-state index contributed by atoms with van der Waals surface area (Å²) in [6, 6.07) is 6.85. The second-order valence-corrected chi connectivity index (χ2v) is 5.44. The van der Waals surface area contributed by atoms with Crippen molar-refractivity contribution < 1.29 is 12.6 Å². The maximum Gasteiger partial charge on any atom is 0.352 e. The van der Waals surface area contributed by atoms with Crippen LogP contribution in [0.3, 0.4) is 0 Å². The molecule has 0 saturated heterocycles. The molecule has 76 valence electrons. The smallest absolute Gasteiger partial charge is 0.352 e. The second kappa shape index (κ2) is 2.77. The van der Waals surface area contributed by atoms with E-state index in [-0.39, 0.29) is 4.21 Å². The van der Waals surface area contributed by atoms with Gasteiger partial charge in [-0.25, -0.2) is 0 Å². The van der Waals surface area contributed by atoms with Crippen LogP contribution in [0.2, 0.25) is 0 Å². The summed E-state index contributed by atoms with van der Waals surface area (Å²) in [4.78, 5) is 0. The predicted octanol–water partition coefficient (Wildman–Crippen LogP) is 1.29. The van der Waals surface area contributed by atoms with E-state index in [1.807, 2.05) is 0 Å². The van der Waals surface area contributed by atoms with Crippen LogP contribution in [-0.2, 0) is 10.1 Å². The summed E-state index contributed by atoms with van der Waals surface area (Å²) in [5, 5.41) is 3.80. The van der Waals surface area contributed by atoms with Crippen LogP contribution in [0.1, 0.15) is 0 Å². The Morgan fingerprint density at radius 1 is 1.27 bits per heavy atom. The van der Waals surface area contributed by atoms with Crippen molar-refractivity contribution in [3.63, 3.8) is 0 Å². The summed E-state index contributed by atoms with van der Waals surface area (Å²) in [6.45, 7) is 0. The Morgan fingerprint density at radius 3 is 2.93 bits per heavy atom. The lowest BCUT2D eigenvalue weighted by molar-refractivity contribution is 0.485. The van der Waals surface area contributed by atoms with Gasteiger partial charge in [-0.3, -0.25) is 0 Å². The van der Waals surface area contributed by atoms with Crippen LogP contribution < -0.4 is 4.18 Å². The molecular formula is C8H4N2O3S2. The van der Waals surface area contributed by atoms with Gasteiger partial charge in [-0.05, 0) is 12.1 Å². The minimum Gasteiger partial charge on any atom is -0.378 e. The number of hydrogen-bond acceptors (Lipinski definition) is 6. The highest BCUT2D eigenvalue weighted by atomic mass is 32.3. The van der Waals surface area contributed by atoms with Gasteiger partial charge in [0.15, 0.2) is 5.75 Å². The fraction of sp³-hybridized carbons (Fsp3) is 0. The van der Waals surface area contributed by atoms with Gasteiger partial charge in [-0.15, -0.1) is 5.10 Å². The molecule has 1 aliphatic rings. The SMILES string of the molecule is O=S1(=O)Oc2ccccc2-c2nnsc21. The van der Waals surface area contributed by atoms with E-state index in [0.717, 1.165) is 11.5 Å². The van der Waals surface area contributed by atoms with Gasteiger partial charge < -0.3 is 4.18 Å². The van der Waals surface area contributed by atoms with Gasteiger partial charge >= 0.3 is 10.1 Å². The van der Waals surface area contributed by atoms with Crippen molar-refractivity contribution in [3.05, 3.63) is 24.3 Å². The summed E-state index contributed by atoms with van der Waals surface area (Å²) in [5.41, 5.74) is 1.04. The number of para-hydroxylation sites is 1. The molecule has 0 saturated carbocycles. The highest BCUT2D eigenvalue weighted by molar-refractivity contribution is 7.89. The lowest BCUT2D eigenvalue weighted by Gasteiger charge is -2.14. The Morgan fingerprint density at radius 2 is 2.07 bits per heavy atom. The molecule has 2 aromatic rings. The largest absolute Gasteiger partial charge is 0.378 e. The average Bonchev–Trinajstić information content (AvgIpc) is 2.66. The quantitative estimate of drug-likeness (QED) is 0.649. The monoisotopic (exact) mass is 240 g/mol. The summed E-state index contributed by atoms with van der Waals surface area (Å²) in [7, 11) is -3.72. The van der Waals surface area contributed by atoms with Crippen LogP contribution in [-0.4, -0.2) is 18.0 Å². The van der Waals surface area contributed by atoms with Crippen LogP contribution in [0, 0.1) is 0 Å². The molecule has 3 rings (SSSR count). The van der Waals surface area contributed by atoms with Crippen molar-refractivity contribution in [3.8, 4) is 17.0 Å². The highest BCUT2D eigenvalue weighted by Gasteiger charge is 2.33. The molecule has 0 fully saturated rings. The van der Waals surface area contributed by atoms with Crippen LogP contribution in [0.15, 0.2) is 28.5 Å². The maximum atomic E-state index is 11.6. The number of fused-ring (bicyclic) bond motifs is 3. The molecule has 1 aliphatic heterocycles. The lowest BCUT2D eigenvalue weighted by atomic mass is 10.1. The van der Waals surface area contributed by atoms with Crippen molar-refractivity contribution in [1.82, 2.24) is 9.59 Å². The first-order chi connectivity index (χ1) is 7.18. The van der Waals surface area contributed by atoms with E-state index in [1.165, 1.54) is 0 Å². The number of nitrogens with zero attached hydrogens (tertiary/aromatic N) is 2. The van der Waals surface area contributed by atoms with Gasteiger partial charge in [0.25, 0.3) is 0 Å². The van der Waals surface area contributed by atoms with E-state index in [2.05, 4.69) is 9.59 Å². The fourth-order valence-corrected chi connectivity index (χ4v) is 3.25. The first kappa shape index (κ1) is 8.81. The van der Waals surface area contributed by atoms with Crippen LogP contribution >= 0.6 is 11.5 Å². The van der Waals surface area contributed by atoms with E-state index < -0.39 is 10.1 Å². The third-order valence-corrected chi connectivity index (χ3v) is 4.43. The molecular weight excluding hydrogens is 236 g/mol. The van der Waals surface area contributed by atoms with Crippen molar-refractivity contribution in [1.29, 1.82) is 0 Å². The number of aromatic nitrogens is 2. The normalized spacial score (nSPS) is 16.3. The van der Waals surface area contributed by atoms with E-state index in [9.17, 15) is 8.42 Å². The Bertz CT molecular complexity index is 633. The van der Waals surface area contributed by atoms with Crippen LogP contribution in [0.4, 0.5) is 0 Å². The zero-order valence-corrected chi connectivity index (χ0v) is 8.88. The van der Waals surface area contributed by atoms with Gasteiger partial charge in [-0.1, -0.05) is 16.6 Å². The Balaban J connectivity index is 2.42. The van der Waals surface area contributed by atoms with Crippen molar-refractivity contribution >= 4 is 21.7 Å². The van der Waals surface area contributed by atoms with Gasteiger partial charge in [0.1, 0.15) is 5.69 Å². The molecule has 0 spiro atoms. The molecule has 1 aromatic carbocycles. The lowest BCUT2D eigenvalue weighted by Crippen LogP contribution is -2.14. The minimum atomic E-state index is -3.72. The predicted molar refractivity (Wildman–Crippen MR) is 53.2 cm³/mol. The van der Waals surface area contributed by atoms with E-state index in [1.54, 1.807) is 24.3 Å². The zero-order valence-electron chi connectivity index (χ0n) is 7.25. The first-order valence-electron chi connectivity index (χ1n) is 4.05. The summed E-state index contributed by atoms with van der Waals surface area (Å²) in [6.07, 6.45) is 0. The number of rotatable bonds is 0. The molecule has 0 N–H and O–H groups in total. The van der Waals surface area contributed by atoms with Gasteiger partial charge in [0.05, 0.1) is 0 Å². The Kier molecular flexibility index (Phi) is 1.63. The van der Waals surface area contributed by atoms with E-state index in [4.69, 9.17) is 4.18 Å². The van der Waals surface area contributed by atoms with Crippen molar-refractivity contribution in [2.24, 2.45) is 0 Å². The maximum absolute atomic E-state index is 11.6. The summed E-state index contributed by atoms with van der Waals surface area (Å²) >= 11 is 0.822. The third kappa shape index (κ3) is 1.17. The molecule has 1 aromatic heterocycles. The standard InChI is InChI=1S/C8H4N2O3S2/c11-15(12)8-7(9-10-14-8)5-3-1-2-4-6(5)13-15/h1-4H. The van der Waals surface area contributed by atoms with Crippen molar-refractivity contribution in [2.75, 3.05) is 0 Å². The number of hydrogen-bond donors (Lipinski definition) is 0. The zero-order chi connectivity index (χ0) is 10.5. The highest BCUT2D eigenvalue weighted by Crippen LogP contribution is 2.40. The molecule has 0 radical (unpaired) electrons. The molecule has 0 bridgehead atoms. The molecule has 0 atom stereocenters. The topological polar surface area (TPSA) is 69.2 Å².